The lowest BCUT2D eigenvalue weighted by Crippen LogP contribution is -2.33. The molecule has 2 aliphatic rings. The molecule has 4 aromatic rings. The van der Waals surface area contributed by atoms with Gasteiger partial charge in [0, 0.05) is 36.0 Å². The molecule has 0 saturated heterocycles. The summed E-state index contributed by atoms with van der Waals surface area (Å²) in [5.74, 6) is 0.668. The molecular formula is C26H24FN5O. The van der Waals surface area contributed by atoms with Gasteiger partial charge in [-0.3, -0.25) is 4.79 Å². The zero-order valence-electron chi connectivity index (χ0n) is 18.4. The molecule has 1 aromatic carbocycles. The van der Waals surface area contributed by atoms with Crippen molar-refractivity contribution in [2.24, 2.45) is 0 Å². The number of pyridine rings is 2. The van der Waals surface area contributed by atoms with Gasteiger partial charge in [-0.25, -0.2) is 14.4 Å². The third-order valence-electron chi connectivity index (χ3n) is 6.47. The van der Waals surface area contributed by atoms with Crippen LogP contribution >= 0.6 is 0 Å². The predicted molar refractivity (Wildman–Crippen MR) is 123 cm³/mol. The van der Waals surface area contributed by atoms with Gasteiger partial charge in [-0.1, -0.05) is 24.3 Å². The first-order chi connectivity index (χ1) is 16.1. The molecule has 0 radical (unpaired) electrons. The smallest absolute Gasteiger partial charge is 0.255 e. The zero-order valence-corrected chi connectivity index (χ0v) is 18.4. The van der Waals surface area contributed by atoms with Crippen molar-refractivity contribution in [3.63, 3.8) is 0 Å². The second-order valence-corrected chi connectivity index (χ2v) is 9.01. The number of carbonyl (C=O) groups excluding carboxylic acids is 1. The van der Waals surface area contributed by atoms with Crippen LogP contribution in [-0.4, -0.2) is 36.6 Å². The molecule has 0 unspecified atom stereocenters. The van der Waals surface area contributed by atoms with Crippen molar-refractivity contribution >= 4 is 16.9 Å². The van der Waals surface area contributed by atoms with Crippen molar-refractivity contribution in [3.05, 3.63) is 83.1 Å². The average molecular weight is 442 g/mol. The summed E-state index contributed by atoms with van der Waals surface area (Å²) in [5.41, 5.74) is 3.44. The van der Waals surface area contributed by atoms with E-state index in [0.29, 0.717) is 28.5 Å². The number of hydrogen-bond donors (Lipinski definition) is 0. The Hall–Kier alpha value is -3.61. The first-order valence-electron chi connectivity index (χ1n) is 11.5. The standard InChI is InChI=1S/C26H24FN5O/c1-16-24-20(26(33)31(19-11-12-19)15-18-6-2-3-7-21(18)27)14-22(17-9-10-17)29-25(24)32(30-16)23-8-4-5-13-28-23/h2-8,13-14,17,19H,9-12,15H2,1H3. The Balaban J connectivity index is 1.49. The maximum Gasteiger partial charge on any atom is 0.255 e. The molecule has 33 heavy (non-hydrogen) atoms. The molecule has 6 rings (SSSR count). The highest BCUT2D eigenvalue weighted by molar-refractivity contribution is 6.07. The Bertz CT molecular complexity index is 1360. The molecule has 6 nitrogen and oxygen atoms in total. The molecule has 166 valence electrons. The number of benzene rings is 1. The SMILES string of the molecule is Cc1nn(-c2ccccn2)c2nc(C3CC3)cc(C(=O)N(Cc3ccccc3F)C3CC3)c12. The van der Waals surface area contributed by atoms with Gasteiger partial charge >= 0.3 is 0 Å². The molecule has 0 atom stereocenters. The molecule has 2 saturated carbocycles. The van der Waals surface area contributed by atoms with Crippen molar-refractivity contribution < 1.29 is 9.18 Å². The van der Waals surface area contributed by atoms with Crippen LogP contribution in [0.15, 0.2) is 54.7 Å². The molecule has 7 heteroatoms. The molecule has 1 amide bonds. The van der Waals surface area contributed by atoms with Crippen LogP contribution in [0.4, 0.5) is 4.39 Å². The van der Waals surface area contributed by atoms with Gasteiger partial charge in [-0.2, -0.15) is 9.78 Å². The van der Waals surface area contributed by atoms with Crippen molar-refractivity contribution in [2.45, 2.75) is 51.1 Å². The summed E-state index contributed by atoms with van der Waals surface area (Å²) in [7, 11) is 0. The number of amides is 1. The van der Waals surface area contributed by atoms with Gasteiger partial charge in [0.2, 0.25) is 0 Å². The van der Waals surface area contributed by atoms with Gasteiger partial charge in [0.1, 0.15) is 5.82 Å². The second-order valence-electron chi connectivity index (χ2n) is 9.01. The molecular weight excluding hydrogens is 417 g/mol. The lowest BCUT2D eigenvalue weighted by atomic mass is 10.1. The summed E-state index contributed by atoms with van der Waals surface area (Å²) in [6.45, 7) is 2.15. The molecule has 2 fully saturated rings. The topological polar surface area (TPSA) is 63.9 Å². The second kappa shape index (κ2) is 7.76. The van der Waals surface area contributed by atoms with Crippen LogP contribution in [0.2, 0.25) is 0 Å². The fourth-order valence-electron chi connectivity index (χ4n) is 4.42. The quantitative estimate of drug-likeness (QED) is 0.425. The Kier molecular flexibility index (Phi) is 4.71. The number of hydrogen-bond acceptors (Lipinski definition) is 4. The highest BCUT2D eigenvalue weighted by atomic mass is 19.1. The summed E-state index contributed by atoms with van der Waals surface area (Å²) in [6.07, 6.45) is 5.75. The molecule has 2 aliphatic carbocycles. The average Bonchev–Trinajstić information content (AvgIpc) is 3.76. The van der Waals surface area contributed by atoms with Gasteiger partial charge in [0.15, 0.2) is 11.5 Å². The number of rotatable bonds is 6. The van der Waals surface area contributed by atoms with Gasteiger partial charge in [-0.15, -0.1) is 0 Å². The minimum absolute atomic E-state index is 0.0845. The van der Waals surface area contributed by atoms with Crippen LogP contribution in [0.3, 0.4) is 0 Å². The van der Waals surface area contributed by atoms with Crippen molar-refractivity contribution in [3.8, 4) is 5.82 Å². The van der Waals surface area contributed by atoms with Crippen molar-refractivity contribution in [1.82, 2.24) is 24.6 Å². The Morgan fingerprint density at radius 2 is 1.91 bits per heavy atom. The first kappa shape index (κ1) is 20.0. The van der Waals surface area contributed by atoms with Crippen LogP contribution < -0.4 is 0 Å². The van der Waals surface area contributed by atoms with E-state index < -0.39 is 0 Å². The maximum atomic E-state index is 14.4. The van der Waals surface area contributed by atoms with E-state index in [2.05, 4.69) is 4.98 Å². The van der Waals surface area contributed by atoms with Gasteiger partial charge in [-0.05, 0) is 56.9 Å². The summed E-state index contributed by atoms with van der Waals surface area (Å²) >= 11 is 0. The molecule has 3 heterocycles. The Labute approximate surface area is 191 Å². The molecule has 0 aliphatic heterocycles. The maximum absolute atomic E-state index is 14.4. The van der Waals surface area contributed by atoms with Crippen molar-refractivity contribution in [1.29, 1.82) is 0 Å². The van der Waals surface area contributed by atoms with Crippen molar-refractivity contribution in [2.75, 3.05) is 0 Å². The third-order valence-corrected chi connectivity index (χ3v) is 6.47. The zero-order chi connectivity index (χ0) is 22.5. The predicted octanol–water partition coefficient (Wildman–Crippen LogP) is 4.95. The minimum Gasteiger partial charge on any atom is -0.331 e. The van der Waals surface area contributed by atoms with E-state index >= 15 is 0 Å². The fourth-order valence-corrected chi connectivity index (χ4v) is 4.42. The Morgan fingerprint density at radius 3 is 2.61 bits per heavy atom. The summed E-state index contributed by atoms with van der Waals surface area (Å²) in [4.78, 5) is 25.2. The summed E-state index contributed by atoms with van der Waals surface area (Å²) < 4.78 is 16.1. The van der Waals surface area contributed by atoms with E-state index in [1.807, 2.05) is 42.2 Å². The van der Waals surface area contributed by atoms with Crippen LogP contribution in [0.25, 0.3) is 16.9 Å². The van der Waals surface area contributed by atoms with Crippen LogP contribution in [0.1, 0.15) is 58.9 Å². The lowest BCUT2D eigenvalue weighted by molar-refractivity contribution is 0.0730. The monoisotopic (exact) mass is 441 g/mol. The fraction of sp³-hybridized carbons (Fsp3) is 0.308. The number of fused-ring (bicyclic) bond motifs is 1. The lowest BCUT2D eigenvalue weighted by Gasteiger charge is -2.23. The Morgan fingerprint density at radius 1 is 1.12 bits per heavy atom. The number of nitrogens with zero attached hydrogens (tertiary/aromatic N) is 5. The highest BCUT2D eigenvalue weighted by Crippen LogP contribution is 2.41. The van der Waals surface area contributed by atoms with E-state index in [-0.39, 0.29) is 24.3 Å². The van der Waals surface area contributed by atoms with Gasteiger partial charge in [0.25, 0.3) is 5.91 Å². The van der Waals surface area contributed by atoms with E-state index in [4.69, 9.17) is 10.1 Å². The van der Waals surface area contributed by atoms with Crippen LogP contribution in [0, 0.1) is 12.7 Å². The summed E-state index contributed by atoms with van der Waals surface area (Å²) in [6, 6.07) is 14.4. The van der Waals surface area contributed by atoms with E-state index in [0.717, 1.165) is 42.5 Å². The number of carbonyl (C=O) groups is 1. The van der Waals surface area contributed by atoms with Crippen LogP contribution in [0.5, 0.6) is 0 Å². The molecule has 0 bridgehead atoms. The number of aromatic nitrogens is 4. The molecule has 0 N–H and O–H groups in total. The van der Waals surface area contributed by atoms with E-state index in [1.54, 1.807) is 23.0 Å². The number of aryl methyl sites for hydroxylation is 1. The molecule has 0 spiro atoms. The number of halogens is 1. The van der Waals surface area contributed by atoms with Crippen LogP contribution in [-0.2, 0) is 6.54 Å². The first-order valence-corrected chi connectivity index (χ1v) is 11.5. The third kappa shape index (κ3) is 3.67. The summed E-state index contributed by atoms with van der Waals surface area (Å²) in [5, 5.41) is 5.45. The largest absolute Gasteiger partial charge is 0.331 e. The van der Waals surface area contributed by atoms with Gasteiger partial charge < -0.3 is 4.90 Å². The highest BCUT2D eigenvalue weighted by Gasteiger charge is 2.36. The van der Waals surface area contributed by atoms with Gasteiger partial charge in [0.05, 0.1) is 16.6 Å². The minimum atomic E-state index is -0.284. The normalized spacial score (nSPS) is 15.7. The van der Waals surface area contributed by atoms with E-state index in [1.165, 1.54) is 6.07 Å². The molecule has 3 aromatic heterocycles. The van der Waals surface area contributed by atoms with E-state index in [9.17, 15) is 9.18 Å².